The summed E-state index contributed by atoms with van der Waals surface area (Å²) in [4.78, 5) is 0. The summed E-state index contributed by atoms with van der Waals surface area (Å²) in [6.07, 6.45) is 0. The topological polar surface area (TPSA) is 30.5 Å². The number of nitrogens with one attached hydrogen (secondary N) is 2. The summed E-state index contributed by atoms with van der Waals surface area (Å²) < 4.78 is 15.4. The molecule has 4 nitrogen and oxygen atoms in total. The second-order valence-electron chi connectivity index (χ2n) is 17.8. The zero-order chi connectivity index (χ0) is 39.8. The van der Waals surface area contributed by atoms with Gasteiger partial charge in [0.2, 0.25) is 0 Å². The molecule has 1 aliphatic heterocycles. The number of benzene rings is 4. The zero-order valence-corrected chi connectivity index (χ0v) is 43.3. The van der Waals surface area contributed by atoms with Gasteiger partial charge in [-0.25, -0.2) is 0 Å². The van der Waals surface area contributed by atoms with Gasteiger partial charge in [-0.15, -0.1) is 0 Å². The van der Waals surface area contributed by atoms with E-state index in [0.717, 1.165) is 0 Å². The molecular formula is C48H70Bi2N4. The maximum absolute atomic E-state index is 4.60. The van der Waals surface area contributed by atoms with Crippen LogP contribution < -0.4 is 8.10 Å². The van der Waals surface area contributed by atoms with E-state index in [0.29, 0.717) is 47.3 Å². The summed E-state index contributed by atoms with van der Waals surface area (Å²) in [5, 5.41) is 0. The Labute approximate surface area is 348 Å². The van der Waals surface area contributed by atoms with Gasteiger partial charge in [0.15, 0.2) is 0 Å². The second-order valence-corrected chi connectivity index (χ2v) is 40.8. The number of para-hydroxylation sites is 4. The predicted molar refractivity (Wildman–Crippen MR) is 242 cm³/mol. The van der Waals surface area contributed by atoms with Gasteiger partial charge in [0, 0.05) is 0 Å². The van der Waals surface area contributed by atoms with Gasteiger partial charge in [-0.2, -0.15) is 0 Å². The van der Waals surface area contributed by atoms with Crippen molar-refractivity contribution in [1.29, 1.82) is 0 Å². The predicted octanol–water partition coefficient (Wildman–Crippen LogP) is 14.2. The summed E-state index contributed by atoms with van der Waals surface area (Å²) in [6, 6.07) is 28.5. The van der Waals surface area contributed by atoms with Gasteiger partial charge in [-0.05, 0) is 0 Å². The molecule has 4 aromatic rings. The van der Waals surface area contributed by atoms with Gasteiger partial charge in [-0.1, -0.05) is 0 Å². The molecule has 0 unspecified atom stereocenters. The van der Waals surface area contributed by atoms with E-state index < -0.39 is 45.2 Å². The van der Waals surface area contributed by atoms with Crippen molar-refractivity contribution in [2.75, 3.05) is 8.10 Å². The summed E-state index contributed by atoms with van der Waals surface area (Å²) in [5.74, 6) is 3.36. The number of anilines is 4. The average Bonchev–Trinajstić information content (AvgIpc) is 3.10. The van der Waals surface area contributed by atoms with Gasteiger partial charge >= 0.3 is 352 Å². The van der Waals surface area contributed by atoms with Crippen molar-refractivity contribution in [2.45, 2.75) is 158 Å². The molecule has 0 radical (unpaired) electrons. The minimum atomic E-state index is -3.14. The molecule has 1 saturated heterocycles. The molecule has 1 aliphatic rings. The molecule has 0 amide bonds. The summed E-state index contributed by atoms with van der Waals surface area (Å²) in [7, 11) is 0. The van der Waals surface area contributed by atoms with E-state index in [2.05, 4.69) is 192 Å². The molecule has 0 spiro atoms. The second kappa shape index (κ2) is 18.0. The van der Waals surface area contributed by atoms with E-state index in [-0.39, 0.29) is 0 Å². The minimum absolute atomic E-state index is 0.418. The summed E-state index contributed by atoms with van der Waals surface area (Å²) in [5.41, 5.74) is 17.6. The third-order valence-electron chi connectivity index (χ3n) is 11.0. The number of hydrogen-bond acceptors (Lipinski definition) is 4. The van der Waals surface area contributed by atoms with Crippen molar-refractivity contribution in [2.24, 2.45) is 0 Å². The van der Waals surface area contributed by atoms with Crippen LogP contribution in [-0.2, 0) is 0 Å². The van der Waals surface area contributed by atoms with Crippen LogP contribution in [0.5, 0.6) is 0 Å². The van der Waals surface area contributed by atoms with Gasteiger partial charge in [0.05, 0.1) is 0 Å². The van der Waals surface area contributed by atoms with Crippen LogP contribution in [-0.4, -0.2) is 45.2 Å². The fourth-order valence-electron chi connectivity index (χ4n) is 7.90. The Morgan fingerprint density at radius 2 is 0.500 bits per heavy atom. The first-order chi connectivity index (χ1) is 25.5. The first-order valence-corrected chi connectivity index (χ1v) is 30.4. The van der Waals surface area contributed by atoms with Gasteiger partial charge in [0.1, 0.15) is 0 Å². The number of rotatable bonds is 14. The molecule has 0 saturated carbocycles. The van der Waals surface area contributed by atoms with E-state index in [1.54, 1.807) is 0 Å². The Morgan fingerprint density at radius 3 is 0.685 bits per heavy atom. The third kappa shape index (κ3) is 8.56. The molecule has 0 atom stereocenters. The van der Waals surface area contributed by atoms with Crippen molar-refractivity contribution in [3.63, 3.8) is 0 Å². The van der Waals surface area contributed by atoms with Crippen molar-refractivity contribution >= 4 is 68.0 Å². The molecule has 1 fully saturated rings. The quantitative estimate of drug-likeness (QED) is 0.123. The SMILES string of the molecule is CC(C)c1cccc(C(C)C)c1[NH][Bi]1[N](c2c(C(C)C)cccc2C(C)C)[Bi]([NH]c2c(C(C)C)cccc2C(C)C)[N]1c1c(C(C)C)cccc1C(C)C. The Morgan fingerprint density at radius 1 is 0.315 bits per heavy atom. The van der Waals surface area contributed by atoms with Gasteiger partial charge in [-0.3, -0.25) is 0 Å². The van der Waals surface area contributed by atoms with E-state index in [1.807, 2.05) is 0 Å². The Kier molecular flexibility index (Phi) is 14.3. The molecule has 6 heteroatoms. The molecule has 4 aromatic carbocycles. The van der Waals surface area contributed by atoms with Crippen molar-refractivity contribution in [3.05, 3.63) is 117 Å². The van der Waals surface area contributed by atoms with E-state index in [4.69, 9.17) is 0 Å². The molecule has 1 heterocycles. The standard InChI is InChI=1S/2C12H18N.2C12H17N.2Bi/c4*1-8(2)10-6-5-7-11(9(3)4)12(10)13;;/h2*5-9,13H,1-4H3;2*5-9H,1-4H3;;/q2*-1;;;2*+1. The third-order valence-corrected chi connectivity index (χ3v) is 46.1. The number of hydrogen-bond donors (Lipinski definition) is 2. The van der Waals surface area contributed by atoms with Gasteiger partial charge < -0.3 is 0 Å². The average molecular weight is 1120 g/mol. The van der Waals surface area contributed by atoms with E-state index in [9.17, 15) is 0 Å². The Hall–Kier alpha value is -2.15. The van der Waals surface area contributed by atoms with Crippen molar-refractivity contribution < 1.29 is 0 Å². The molecule has 2 N–H and O–H groups in total. The summed E-state index contributed by atoms with van der Waals surface area (Å²) in [6.45, 7) is 38.1. The van der Waals surface area contributed by atoms with Crippen LogP contribution in [0.4, 0.5) is 22.7 Å². The zero-order valence-electron chi connectivity index (χ0n) is 36.3. The molecular weight excluding hydrogens is 1050 g/mol. The Balaban J connectivity index is 1.92. The first-order valence-electron chi connectivity index (χ1n) is 20.7. The van der Waals surface area contributed by atoms with E-state index >= 15 is 0 Å². The van der Waals surface area contributed by atoms with Crippen LogP contribution in [0, 0.1) is 0 Å². The van der Waals surface area contributed by atoms with Crippen LogP contribution in [0.1, 0.15) is 203 Å². The summed E-state index contributed by atoms with van der Waals surface area (Å²) >= 11 is -6.28. The molecule has 0 aliphatic carbocycles. The first kappa shape index (κ1) is 43.0. The van der Waals surface area contributed by atoms with Crippen LogP contribution in [0.15, 0.2) is 72.8 Å². The van der Waals surface area contributed by atoms with Crippen LogP contribution in [0.3, 0.4) is 0 Å². The van der Waals surface area contributed by atoms with Crippen LogP contribution in [0.2, 0.25) is 0 Å². The van der Waals surface area contributed by atoms with Crippen LogP contribution >= 0.6 is 0 Å². The van der Waals surface area contributed by atoms with Crippen LogP contribution in [0.25, 0.3) is 0 Å². The molecule has 5 rings (SSSR count). The fraction of sp³-hybridized carbons (Fsp3) is 0.500. The maximum atomic E-state index is 4.60. The monoisotopic (exact) mass is 1120 g/mol. The molecule has 54 heavy (non-hydrogen) atoms. The van der Waals surface area contributed by atoms with Crippen molar-refractivity contribution in [3.8, 4) is 0 Å². The molecule has 0 aromatic heterocycles. The molecule has 0 bridgehead atoms. The normalized spacial score (nSPS) is 14.3. The number of nitrogens with zero attached hydrogens (tertiary/aromatic N) is 2. The van der Waals surface area contributed by atoms with E-state index in [1.165, 1.54) is 67.3 Å². The van der Waals surface area contributed by atoms with Gasteiger partial charge in [0.25, 0.3) is 0 Å². The Bertz CT molecular complexity index is 1640. The fourth-order valence-corrected chi connectivity index (χ4v) is 44.5. The molecule has 292 valence electrons. The van der Waals surface area contributed by atoms with Crippen molar-refractivity contribution in [1.82, 2.24) is 0 Å².